The fourth-order valence-electron chi connectivity index (χ4n) is 3.93. The van der Waals surface area contributed by atoms with Crippen molar-refractivity contribution in [2.24, 2.45) is 0 Å². The molecular weight excluding hydrogens is 357 g/mol. The van der Waals surface area contributed by atoms with E-state index in [9.17, 15) is 14.0 Å². The van der Waals surface area contributed by atoms with Crippen LogP contribution in [0.3, 0.4) is 0 Å². The first-order chi connectivity index (χ1) is 12.5. The molecule has 26 heavy (non-hydrogen) atoms. The Balaban J connectivity index is 1.48. The largest absolute Gasteiger partial charge is 0.442 e. The second-order valence-corrected chi connectivity index (χ2v) is 8.42. The predicted molar refractivity (Wildman–Crippen MR) is 99.3 cm³/mol. The Morgan fingerprint density at radius 2 is 2.27 bits per heavy atom. The molecular formula is C18H22FN3O3S. The zero-order valence-corrected chi connectivity index (χ0v) is 15.4. The van der Waals surface area contributed by atoms with E-state index in [1.807, 2.05) is 11.8 Å². The van der Waals surface area contributed by atoms with Gasteiger partial charge in [0.15, 0.2) is 0 Å². The van der Waals surface area contributed by atoms with Gasteiger partial charge in [0.25, 0.3) is 0 Å². The molecule has 3 saturated heterocycles. The number of carbonyl (C=O) groups excluding carboxylic acids is 2. The van der Waals surface area contributed by atoms with Crippen LogP contribution in [0, 0.1) is 5.82 Å². The third kappa shape index (κ3) is 3.34. The molecule has 140 valence electrons. The van der Waals surface area contributed by atoms with Crippen LogP contribution >= 0.6 is 11.8 Å². The van der Waals surface area contributed by atoms with Gasteiger partial charge in [0, 0.05) is 24.8 Å². The van der Waals surface area contributed by atoms with Crippen LogP contribution < -0.4 is 15.1 Å². The molecule has 4 rings (SSSR count). The van der Waals surface area contributed by atoms with Crippen LogP contribution in [0.25, 0.3) is 0 Å². The van der Waals surface area contributed by atoms with E-state index in [0.717, 1.165) is 25.1 Å². The van der Waals surface area contributed by atoms with Gasteiger partial charge in [0.2, 0.25) is 5.91 Å². The van der Waals surface area contributed by atoms with Crippen molar-refractivity contribution in [1.29, 1.82) is 0 Å². The monoisotopic (exact) mass is 379 g/mol. The standard InChI is InChI=1S/C18H22FN3O3S/c1-11(23)20-8-14-9-22(18(24)25-14)12-2-3-17(16(19)7-12)21-10-15-6-13(21)4-5-26-15/h2-3,7,13-15H,4-6,8-10H2,1H3,(H,20,23)/t13?,14-,15?/m0/s1. The van der Waals surface area contributed by atoms with E-state index in [2.05, 4.69) is 10.2 Å². The van der Waals surface area contributed by atoms with Crippen molar-refractivity contribution in [3.63, 3.8) is 0 Å². The van der Waals surface area contributed by atoms with Gasteiger partial charge in [-0.15, -0.1) is 0 Å². The lowest BCUT2D eigenvalue weighted by atomic mass is 10.1. The lowest BCUT2D eigenvalue weighted by Crippen LogP contribution is -2.33. The zero-order valence-electron chi connectivity index (χ0n) is 14.6. The highest BCUT2D eigenvalue weighted by atomic mass is 32.2. The van der Waals surface area contributed by atoms with Gasteiger partial charge in [-0.05, 0) is 36.8 Å². The first kappa shape index (κ1) is 17.5. The summed E-state index contributed by atoms with van der Waals surface area (Å²) < 4.78 is 20.0. The van der Waals surface area contributed by atoms with E-state index in [-0.39, 0.29) is 18.3 Å². The number of cyclic esters (lactones) is 1. The third-order valence-corrected chi connectivity index (χ3v) is 6.47. The van der Waals surface area contributed by atoms with Crippen LogP contribution in [0.15, 0.2) is 18.2 Å². The number of hydrogen-bond donors (Lipinski definition) is 1. The van der Waals surface area contributed by atoms with E-state index in [0.29, 0.717) is 29.2 Å². The Morgan fingerprint density at radius 1 is 1.42 bits per heavy atom. The average Bonchev–Trinajstić information content (AvgIpc) is 3.12. The molecule has 2 amide bonds. The molecule has 0 radical (unpaired) electrons. The molecule has 3 aliphatic heterocycles. The maximum atomic E-state index is 14.8. The van der Waals surface area contributed by atoms with Crippen LogP contribution in [0.1, 0.15) is 19.8 Å². The Kier molecular flexibility index (Phi) is 4.69. The number of anilines is 2. The van der Waals surface area contributed by atoms with Crippen LogP contribution in [0.4, 0.5) is 20.6 Å². The number of rotatable bonds is 4. The molecule has 8 heteroatoms. The SMILES string of the molecule is CC(=O)NC[C@H]1CN(c2ccc(N3CC4CC3CCS4)c(F)c2)C(=O)O1. The summed E-state index contributed by atoms with van der Waals surface area (Å²) in [7, 11) is 0. The molecule has 1 aromatic rings. The Labute approximate surface area is 156 Å². The van der Waals surface area contributed by atoms with Crippen molar-refractivity contribution in [3.8, 4) is 0 Å². The first-order valence-electron chi connectivity index (χ1n) is 8.91. The number of amides is 2. The Hall–Kier alpha value is -1.96. The number of carbonyl (C=O) groups is 2. The maximum Gasteiger partial charge on any atom is 0.414 e. The van der Waals surface area contributed by atoms with Gasteiger partial charge in [-0.3, -0.25) is 9.69 Å². The molecule has 3 atom stereocenters. The van der Waals surface area contributed by atoms with Gasteiger partial charge >= 0.3 is 6.09 Å². The van der Waals surface area contributed by atoms with Crippen LogP contribution in [0.5, 0.6) is 0 Å². The van der Waals surface area contributed by atoms with Crippen LogP contribution in [0.2, 0.25) is 0 Å². The van der Waals surface area contributed by atoms with Crippen molar-refractivity contribution in [2.75, 3.05) is 35.2 Å². The normalized spacial score (nSPS) is 27.6. The summed E-state index contributed by atoms with van der Waals surface area (Å²) in [6.45, 7) is 2.85. The van der Waals surface area contributed by atoms with Crippen molar-refractivity contribution >= 4 is 35.1 Å². The van der Waals surface area contributed by atoms with E-state index in [4.69, 9.17) is 4.74 Å². The summed E-state index contributed by atoms with van der Waals surface area (Å²) >= 11 is 1.98. The minimum atomic E-state index is -0.513. The fraction of sp³-hybridized carbons (Fsp3) is 0.556. The number of benzene rings is 1. The predicted octanol–water partition coefficient (Wildman–Crippen LogP) is 2.37. The van der Waals surface area contributed by atoms with Gasteiger partial charge < -0.3 is 15.0 Å². The molecule has 3 fully saturated rings. The molecule has 3 aliphatic rings. The molecule has 1 aromatic carbocycles. The number of nitrogens with one attached hydrogen (secondary N) is 1. The summed E-state index contributed by atoms with van der Waals surface area (Å²) in [6, 6.07) is 5.37. The van der Waals surface area contributed by atoms with Crippen molar-refractivity contribution in [2.45, 2.75) is 37.2 Å². The third-order valence-electron chi connectivity index (χ3n) is 5.19. The van der Waals surface area contributed by atoms with Gasteiger partial charge in [-0.25, -0.2) is 9.18 Å². The minimum absolute atomic E-state index is 0.177. The number of halogens is 1. The number of fused-ring (bicyclic) bond motifs is 2. The molecule has 0 saturated carbocycles. The number of nitrogens with zero attached hydrogens (tertiary/aromatic N) is 2. The summed E-state index contributed by atoms with van der Waals surface area (Å²) in [4.78, 5) is 26.7. The van der Waals surface area contributed by atoms with Crippen LogP contribution in [-0.4, -0.2) is 54.8 Å². The molecule has 0 spiro atoms. The van der Waals surface area contributed by atoms with Crippen molar-refractivity contribution in [3.05, 3.63) is 24.0 Å². The van der Waals surface area contributed by atoms with E-state index < -0.39 is 12.2 Å². The summed E-state index contributed by atoms with van der Waals surface area (Å²) in [5, 5.41) is 3.23. The lowest BCUT2D eigenvalue weighted by Gasteiger charge is -2.27. The molecule has 0 aliphatic carbocycles. The first-order valence-corrected chi connectivity index (χ1v) is 9.96. The zero-order chi connectivity index (χ0) is 18.3. The summed E-state index contributed by atoms with van der Waals surface area (Å²) in [5.41, 5.74) is 1.10. The average molecular weight is 379 g/mol. The smallest absolute Gasteiger partial charge is 0.414 e. The number of ether oxygens (including phenoxy) is 1. The highest BCUT2D eigenvalue weighted by molar-refractivity contribution is 8.00. The van der Waals surface area contributed by atoms with Crippen molar-refractivity contribution < 1.29 is 18.7 Å². The molecule has 0 aromatic heterocycles. The Morgan fingerprint density at radius 3 is 3.00 bits per heavy atom. The van der Waals surface area contributed by atoms with Gasteiger partial charge in [-0.2, -0.15) is 11.8 Å². The van der Waals surface area contributed by atoms with Gasteiger partial charge in [-0.1, -0.05) is 0 Å². The van der Waals surface area contributed by atoms with E-state index in [1.165, 1.54) is 17.9 Å². The van der Waals surface area contributed by atoms with E-state index >= 15 is 0 Å². The molecule has 2 bridgehead atoms. The Bertz CT molecular complexity index is 732. The summed E-state index contributed by atoms with van der Waals surface area (Å²) in [5.74, 6) is 0.656. The molecule has 1 N–H and O–H groups in total. The molecule has 3 heterocycles. The fourth-order valence-corrected chi connectivity index (χ4v) is 5.29. The topological polar surface area (TPSA) is 61.9 Å². The minimum Gasteiger partial charge on any atom is -0.442 e. The number of thioether (sulfide) groups is 1. The molecule has 6 nitrogen and oxygen atoms in total. The van der Waals surface area contributed by atoms with Gasteiger partial charge in [0.1, 0.15) is 11.9 Å². The second-order valence-electron chi connectivity index (χ2n) is 7.01. The maximum absolute atomic E-state index is 14.8. The van der Waals surface area contributed by atoms with Gasteiger partial charge in [0.05, 0.1) is 24.5 Å². The second kappa shape index (κ2) is 6.98. The summed E-state index contributed by atoms with van der Waals surface area (Å²) in [6.07, 6.45) is 1.27. The number of hydrogen-bond acceptors (Lipinski definition) is 5. The molecule has 2 unspecified atom stereocenters. The highest BCUT2D eigenvalue weighted by Gasteiger charge is 2.37. The van der Waals surface area contributed by atoms with Crippen molar-refractivity contribution in [1.82, 2.24) is 5.32 Å². The lowest BCUT2D eigenvalue weighted by molar-refractivity contribution is -0.119. The highest BCUT2D eigenvalue weighted by Crippen LogP contribution is 2.40. The quantitative estimate of drug-likeness (QED) is 0.870. The van der Waals surface area contributed by atoms with E-state index in [1.54, 1.807) is 12.1 Å². The van der Waals surface area contributed by atoms with Crippen LogP contribution in [-0.2, 0) is 9.53 Å².